The molecule has 3 aromatic rings. The number of carbonyl (C=O) groups excluding carboxylic acids is 1. The highest BCUT2D eigenvalue weighted by Crippen LogP contribution is 2.31. The van der Waals surface area contributed by atoms with Gasteiger partial charge in [0.1, 0.15) is 0 Å². The molecule has 6 nitrogen and oxygen atoms in total. The van der Waals surface area contributed by atoms with Gasteiger partial charge in [-0.3, -0.25) is 14.7 Å². The number of aryl methyl sites for hydroxylation is 1. The fourth-order valence-electron chi connectivity index (χ4n) is 4.73. The van der Waals surface area contributed by atoms with Crippen molar-refractivity contribution >= 4 is 40.7 Å². The van der Waals surface area contributed by atoms with Crippen LogP contribution < -0.4 is 5.76 Å². The number of hydrogen-bond donors (Lipinski definition) is 1. The fraction of sp³-hybridized carbons (Fsp3) is 0.417. The summed E-state index contributed by atoms with van der Waals surface area (Å²) in [6.07, 6.45) is 3.13. The Bertz CT molecular complexity index is 1110. The second-order valence-electron chi connectivity index (χ2n) is 8.65. The molecule has 5 rings (SSSR count). The van der Waals surface area contributed by atoms with Gasteiger partial charge in [-0.15, -0.1) is 0 Å². The summed E-state index contributed by atoms with van der Waals surface area (Å²) in [7, 11) is 0. The molecule has 8 heteroatoms. The van der Waals surface area contributed by atoms with Crippen molar-refractivity contribution in [3.63, 3.8) is 0 Å². The number of halogens is 2. The molecule has 0 spiro atoms. The highest BCUT2D eigenvalue weighted by Gasteiger charge is 2.39. The van der Waals surface area contributed by atoms with Crippen molar-refractivity contribution in [1.82, 2.24) is 14.8 Å². The van der Waals surface area contributed by atoms with Crippen LogP contribution in [0.2, 0.25) is 10.0 Å². The van der Waals surface area contributed by atoms with Crippen LogP contribution in [0.1, 0.15) is 24.5 Å². The lowest BCUT2D eigenvalue weighted by Crippen LogP contribution is -2.27. The molecule has 170 valence electrons. The van der Waals surface area contributed by atoms with Crippen molar-refractivity contribution in [3.05, 3.63) is 68.1 Å². The molecule has 2 aliphatic heterocycles. The molecule has 2 aliphatic rings. The van der Waals surface area contributed by atoms with E-state index in [2.05, 4.69) is 16.8 Å². The average molecular weight is 476 g/mol. The van der Waals surface area contributed by atoms with E-state index in [0.29, 0.717) is 17.4 Å². The van der Waals surface area contributed by atoms with Gasteiger partial charge in [-0.1, -0.05) is 42.6 Å². The number of oxazole rings is 1. The highest BCUT2D eigenvalue weighted by atomic mass is 35.5. The number of nitrogens with one attached hydrogen (secondary N) is 1. The van der Waals surface area contributed by atoms with Crippen LogP contribution in [-0.2, 0) is 17.8 Å². The number of nitrogens with zero attached hydrogens (tertiary/aromatic N) is 2. The normalized spacial score (nSPS) is 20.3. The molecule has 1 aromatic heterocycles. The number of benzene rings is 2. The summed E-state index contributed by atoms with van der Waals surface area (Å²) in [6.45, 7) is 6.83. The molecule has 2 unspecified atom stereocenters. The van der Waals surface area contributed by atoms with E-state index in [0.717, 1.165) is 73.1 Å². The molecule has 32 heavy (non-hydrogen) atoms. The lowest BCUT2D eigenvalue weighted by molar-refractivity contribution is -0.117. The second-order valence-corrected chi connectivity index (χ2v) is 9.52. The number of aromatic amines is 1. The SMILES string of the molecule is CCCc1cc(Cl)cc(Cl)c1.O=CN1CC2CN(Cc3ccc4[nH]c(=O)oc4c3)CC2C1. The Morgan fingerprint density at radius 2 is 1.72 bits per heavy atom. The monoisotopic (exact) mass is 475 g/mol. The Balaban J connectivity index is 0.000000189. The molecular formula is C24H27Cl2N3O3. The topological polar surface area (TPSA) is 69.6 Å². The predicted octanol–water partition coefficient (Wildman–Crippen LogP) is 4.59. The van der Waals surface area contributed by atoms with E-state index in [1.807, 2.05) is 35.2 Å². The van der Waals surface area contributed by atoms with Crippen LogP contribution in [0, 0.1) is 11.8 Å². The van der Waals surface area contributed by atoms with Crippen molar-refractivity contribution < 1.29 is 9.21 Å². The molecular weight excluding hydrogens is 449 g/mol. The smallest absolute Gasteiger partial charge is 0.408 e. The molecule has 0 aliphatic carbocycles. The van der Waals surface area contributed by atoms with Crippen LogP contribution in [-0.4, -0.2) is 47.4 Å². The van der Waals surface area contributed by atoms with Crippen LogP contribution in [0.3, 0.4) is 0 Å². The number of aromatic nitrogens is 1. The zero-order chi connectivity index (χ0) is 22.7. The van der Waals surface area contributed by atoms with Gasteiger partial charge in [-0.25, -0.2) is 4.79 Å². The summed E-state index contributed by atoms with van der Waals surface area (Å²) in [5.74, 6) is 0.792. The Morgan fingerprint density at radius 1 is 1.03 bits per heavy atom. The molecule has 2 aromatic carbocycles. The molecule has 2 atom stereocenters. The van der Waals surface area contributed by atoms with E-state index in [9.17, 15) is 9.59 Å². The first-order chi connectivity index (χ1) is 15.4. The Morgan fingerprint density at radius 3 is 2.34 bits per heavy atom. The lowest BCUT2D eigenvalue weighted by Gasteiger charge is -2.19. The minimum Gasteiger partial charge on any atom is -0.408 e. The predicted molar refractivity (Wildman–Crippen MR) is 127 cm³/mol. The number of carbonyl (C=O) groups is 1. The molecule has 1 N–H and O–H groups in total. The van der Waals surface area contributed by atoms with Crippen LogP contribution in [0.15, 0.2) is 45.6 Å². The fourth-order valence-corrected chi connectivity index (χ4v) is 5.30. The van der Waals surface area contributed by atoms with Crippen LogP contribution in [0.4, 0.5) is 0 Å². The molecule has 0 radical (unpaired) electrons. The second kappa shape index (κ2) is 10.1. The number of amides is 1. The van der Waals surface area contributed by atoms with Crippen molar-refractivity contribution in [2.24, 2.45) is 11.8 Å². The standard InChI is InChI=1S/C15H17N3O3.C9H10Cl2/c19-9-18-7-11-5-17(6-12(11)8-18)4-10-1-2-13-14(3-10)21-15(20)16-13;1-2-3-7-4-8(10)6-9(11)5-7/h1-3,9,11-12H,4-8H2,(H,16,20);4-6H,2-3H2,1H3. The van der Waals surface area contributed by atoms with Crippen LogP contribution in [0.5, 0.6) is 0 Å². The van der Waals surface area contributed by atoms with E-state index in [1.165, 1.54) is 5.56 Å². The number of fused-ring (bicyclic) bond motifs is 2. The first-order valence-electron chi connectivity index (χ1n) is 10.9. The summed E-state index contributed by atoms with van der Waals surface area (Å²) in [6, 6.07) is 11.5. The highest BCUT2D eigenvalue weighted by molar-refractivity contribution is 6.34. The first-order valence-corrected chi connectivity index (χ1v) is 11.7. The van der Waals surface area contributed by atoms with E-state index in [4.69, 9.17) is 27.6 Å². The third-order valence-corrected chi connectivity index (χ3v) is 6.53. The zero-order valence-electron chi connectivity index (χ0n) is 18.0. The summed E-state index contributed by atoms with van der Waals surface area (Å²) in [5, 5.41) is 1.45. The van der Waals surface area contributed by atoms with Gasteiger partial charge < -0.3 is 9.32 Å². The minimum atomic E-state index is -0.410. The number of hydrogen-bond acceptors (Lipinski definition) is 4. The molecule has 3 heterocycles. The van der Waals surface area contributed by atoms with Gasteiger partial charge in [0.05, 0.1) is 5.52 Å². The first kappa shape index (κ1) is 22.9. The number of H-pyrrole nitrogens is 1. The van der Waals surface area contributed by atoms with E-state index in [-0.39, 0.29) is 0 Å². The Hall–Kier alpha value is -2.28. The number of likely N-dealkylation sites (tertiary alicyclic amines) is 2. The summed E-state index contributed by atoms with van der Waals surface area (Å²) in [5.41, 5.74) is 3.72. The van der Waals surface area contributed by atoms with Crippen molar-refractivity contribution in [1.29, 1.82) is 0 Å². The van der Waals surface area contributed by atoms with Gasteiger partial charge in [0.25, 0.3) is 0 Å². The van der Waals surface area contributed by atoms with Crippen LogP contribution in [0.25, 0.3) is 11.1 Å². The van der Waals surface area contributed by atoms with Gasteiger partial charge in [0.15, 0.2) is 5.58 Å². The van der Waals surface area contributed by atoms with E-state index >= 15 is 0 Å². The Kier molecular flexibility index (Phi) is 7.23. The quantitative estimate of drug-likeness (QED) is 0.547. The van der Waals surface area contributed by atoms with Gasteiger partial charge in [-0.2, -0.15) is 0 Å². The third kappa shape index (κ3) is 5.55. The van der Waals surface area contributed by atoms with E-state index in [1.54, 1.807) is 6.07 Å². The Labute approximate surface area is 197 Å². The van der Waals surface area contributed by atoms with Crippen molar-refractivity contribution in [2.75, 3.05) is 26.2 Å². The lowest BCUT2D eigenvalue weighted by atomic mass is 10.0. The summed E-state index contributed by atoms with van der Waals surface area (Å²) in [4.78, 5) is 28.9. The summed E-state index contributed by atoms with van der Waals surface area (Å²) >= 11 is 11.6. The molecule has 2 saturated heterocycles. The third-order valence-electron chi connectivity index (χ3n) is 6.09. The summed E-state index contributed by atoms with van der Waals surface area (Å²) < 4.78 is 5.10. The maximum Gasteiger partial charge on any atom is 0.417 e. The molecule has 1 amide bonds. The van der Waals surface area contributed by atoms with Crippen LogP contribution >= 0.6 is 23.2 Å². The molecule has 0 saturated carbocycles. The van der Waals surface area contributed by atoms with Crippen molar-refractivity contribution in [2.45, 2.75) is 26.3 Å². The maximum atomic E-state index is 11.2. The molecule has 0 bridgehead atoms. The average Bonchev–Trinajstić information content (AvgIpc) is 3.39. The number of rotatable bonds is 5. The minimum absolute atomic E-state index is 0.410. The van der Waals surface area contributed by atoms with Gasteiger partial charge >= 0.3 is 5.76 Å². The molecule has 2 fully saturated rings. The van der Waals surface area contributed by atoms with Crippen molar-refractivity contribution in [3.8, 4) is 0 Å². The van der Waals surface area contributed by atoms with Gasteiger partial charge in [0.2, 0.25) is 6.41 Å². The largest absolute Gasteiger partial charge is 0.417 e. The van der Waals surface area contributed by atoms with Gasteiger partial charge in [-0.05, 0) is 59.7 Å². The maximum absolute atomic E-state index is 11.2. The van der Waals surface area contributed by atoms with E-state index < -0.39 is 5.76 Å². The van der Waals surface area contributed by atoms with Gasteiger partial charge in [0, 0.05) is 42.8 Å². The zero-order valence-corrected chi connectivity index (χ0v) is 19.5.